The van der Waals surface area contributed by atoms with Gasteiger partial charge in [-0.15, -0.1) is 0 Å². The second-order valence-corrected chi connectivity index (χ2v) is 14.5. The van der Waals surface area contributed by atoms with Gasteiger partial charge in [-0.25, -0.2) is 4.90 Å². The fourth-order valence-electron chi connectivity index (χ4n) is 10.1. The summed E-state index contributed by atoms with van der Waals surface area (Å²) in [5, 5.41) is 13.1. The fraction of sp³-hybridized carbons (Fsp3) is 0.636. The van der Waals surface area contributed by atoms with Crippen LogP contribution in [-0.4, -0.2) is 81.8 Å². The predicted molar refractivity (Wildman–Crippen MR) is 150 cm³/mol. The highest BCUT2D eigenvalue weighted by atomic mass is 16.7. The molecule has 0 radical (unpaired) electrons. The summed E-state index contributed by atoms with van der Waals surface area (Å²) in [6.45, 7) is 10.1. The van der Waals surface area contributed by atoms with E-state index in [1.807, 2.05) is 6.07 Å². The molecule has 41 heavy (non-hydrogen) atoms. The van der Waals surface area contributed by atoms with Crippen LogP contribution >= 0.6 is 0 Å². The molecule has 1 N–H and O–H groups in total. The molecule has 8 heteroatoms. The van der Waals surface area contributed by atoms with E-state index in [1.54, 1.807) is 7.11 Å². The molecule has 0 unspecified atom stereocenters. The lowest BCUT2D eigenvalue weighted by atomic mass is 9.46. The third-order valence-corrected chi connectivity index (χ3v) is 11.7. The standard InChI is InChI=1S/C33H40N2O6/c1-29(2)26-35-27(30(3,4)39-26)41-32(28(35)40-29)13-14-33(36)22-17-20-11-12-21(37-5)24-23(20)31(33,25(32)38-24)15-16-34(22)18-19-9-7-6-8-10-19/h6-12,22,25-28,36H,13-18H2,1-5H3/t22-,25-,26-,27-,28-,31+,32+,33-/m1/s1. The molecule has 8 nitrogen and oxygen atoms in total. The fourth-order valence-corrected chi connectivity index (χ4v) is 10.1. The Morgan fingerprint density at radius 1 is 0.902 bits per heavy atom. The second-order valence-electron chi connectivity index (χ2n) is 14.5. The van der Waals surface area contributed by atoms with Gasteiger partial charge in [0.05, 0.1) is 18.1 Å². The molecule has 2 aromatic carbocycles. The van der Waals surface area contributed by atoms with Crippen LogP contribution in [0, 0.1) is 0 Å². The smallest absolute Gasteiger partial charge is 0.166 e. The van der Waals surface area contributed by atoms with Crippen molar-refractivity contribution in [2.75, 3.05) is 13.7 Å². The van der Waals surface area contributed by atoms with Crippen molar-refractivity contribution in [2.45, 2.75) is 119 Å². The molecule has 4 saturated heterocycles. The molecule has 2 aromatic rings. The Bertz CT molecular complexity index is 1440. The summed E-state index contributed by atoms with van der Waals surface area (Å²) in [6, 6.07) is 14.8. The summed E-state index contributed by atoms with van der Waals surface area (Å²) < 4.78 is 33.7. The van der Waals surface area contributed by atoms with Gasteiger partial charge in [0.1, 0.15) is 41.6 Å². The molecule has 218 valence electrons. The maximum absolute atomic E-state index is 13.1. The number of rotatable bonds is 3. The summed E-state index contributed by atoms with van der Waals surface area (Å²) in [7, 11) is 1.70. The van der Waals surface area contributed by atoms with E-state index in [0.29, 0.717) is 12.8 Å². The minimum Gasteiger partial charge on any atom is -0.493 e. The number of aliphatic hydroxyl groups is 1. The van der Waals surface area contributed by atoms with Crippen LogP contribution in [0.2, 0.25) is 0 Å². The maximum Gasteiger partial charge on any atom is 0.166 e. The van der Waals surface area contributed by atoms with Crippen molar-refractivity contribution in [1.82, 2.24) is 9.80 Å². The monoisotopic (exact) mass is 560 g/mol. The van der Waals surface area contributed by atoms with Gasteiger partial charge in [0.15, 0.2) is 11.5 Å². The summed E-state index contributed by atoms with van der Waals surface area (Å²) in [5.74, 6) is 1.51. The van der Waals surface area contributed by atoms with Crippen molar-refractivity contribution in [1.29, 1.82) is 0 Å². The Kier molecular flexibility index (Phi) is 4.72. The molecular formula is C33H40N2O6. The molecule has 7 aliphatic rings. The third kappa shape index (κ3) is 2.79. The molecule has 2 spiro atoms. The molecule has 2 bridgehead atoms. The van der Waals surface area contributed by atoms with Crippen LogP contribution in [0.4, 0.5) is 0 Å². The maximum atomic E-state index is 13.1. The van der Waals surface area contributed by atoms with Gasteiger partial charge in [0.25, 0.3) is 0 Å². The number of hydrogen-bond donors (Lipinski definition) is 1. The van der Waals surface area contributed by atoms with E-state index in [0.717, 1.165) is 43.0 Å². The Balaban J connectivity index is 1.21. The second kappa shape index (κ2) is 7.65. The molecule has 5 fully saturated rings. The van der Waals surface area contributed by atoms with Gasteiger partial charge in [-0.1, -0.05) is 36.4 Å². The number of methoxy groups -OCH3 is 1. The highest BCUT2D eigenvalue weighted by molar-refractivity contribution is 5.63. The van der Waals surface area contributed by atoms with Crippen LogP contribution in [0.15, 0.2) is 42.5 Å². The van der Waals surface area contributed by atoms with E-state index >= 15 is 0 Å². The molecule has 2 aliphatic carbocycles. The van der Waals surface area contributed by atoms with Crippen molar-refractivity contribution in [3.05, 3.63) is 59.2 Å². The van der Waals surface area contributed by atoms with Gasteiger partial charge in [-0.2, -0.15) is 0 Å². The first kappa shape index (κ1) is 25.3. The summed E-state index contributed by atoms with van der Waals surface area (Å²) in [4.78, 5) is 4.83. The highest BCUT2D eigenvalue weighted by Gasteiger charge is 2.83. The van der Waals surface area contributed by atoms with Gasteiger partial charge >= 0.3 is 0 Å². The Morgan fingerprint density at radius 3 is 2.39 bits per heavy atom. The molecule has 1 saturated carbocycles. The quantitative estimate of drug-likeness (QED) is 0.609. The molecule has 5 heterocycles. The zero-order chi connectivity index (χ0) is 28.2. The first-order valence-electron chi connectivity index (χ1n) is 15.2. The molecular weight excluding hydrogens is 520 g/mol. The Morgan fingerprint density at radius 2 is 1.63 bits per heavy atom. The van der Waals surface area contributed by atoms with Crippen molar-refractivity contribution in [2.24, 2.45) is 0 Å². The van der Waals surface area contributed by atoms with Crippen molar-refractivity contribution in [3.8, 4) is 11.5 Å². The Hall–Kier alpha value is -2.20. The largest absolute Gasteiger partial charge is 0.493 e. The van der Waals surface area contributed by atoms with Crippen LogP contribution in [0.5, 0.6) is 11.5 Å². The SMILES string of the molecule is COc1ccc2c3c1O[C@H]1[C@]4(CC[C@@]5(O)[C@@H](C2)N(Cc2ccccc2)CC[C@]315)O[C@H]1N2[C@H](OC1(C)C)C(C)(C)O[C@@H]24. The zero-order valence-electron chi connectivity index (χ0n) is 24.6. The van der Waals surface area contributed by atoms with Crippen molar-refractivity contribution in [3.63, 3.8) is 0 Å². The first-order valence-corrected chi connectivity index (χ1v) is 15.2. The average molecular weight is 561 g/mol. The van der Waals surface area contributed by atoms with Gasteiger partial charge in [-0.05, 0) is 70.6 Å². The van der Waals surface area contributed by atoms with Gasteiger partial charge in [0, 0.05) is 24.7 Å². The molecule has 0 amide bonds. The van der Waals surface area contributed by atoms with Gasteiger partial charge in [-0.3, -0.25) is 4.90 Å². The predicted octanol–water partition coefficient (Wildman–Crippen LogP) is 3.72. The normalized spacial score (nSPS) is 44.1. The minimum absolute atomic E-state index is 0.0265. The van der Waals surface area contributed by atoms with Crippen LogP contribution in [0.1, 0.15) is 63.6 Å². The lowest BCUT2D eigenvalue weighted by molar-refractivity contribution is -0.267. The van der Waals surface area contributed by atoms with Crippen LogP contribution in [-0.2, 0) is 32.6 Å². The van der Waals surface area contributed by atoms with Crippen LogP contribution < -0.4 is 9.47 Å². The third-order valence-electron chi connectivity index (χ3n) is 11.7. The van der Waals surface area contributed by atoms with Crippen molar-refractivity contribution >= 4 is 0 Å². The topological polar surface area (TPSA) is 72.9 Å². The number of ether oxygens (including phenoxy) is 5. The summed E-state index contributed by atoms with van der Waals surface area (Å²) in [6.07, 6.45) is 1.62. The van der Waals surface area contributed by atoms with E-state index in [-0.39, 0.29) is 24.7 Å². The van der Waals surface area contributed by atoms with E-state index in [2.05, 4.69) is 73.9 Å². The minimum atomic E-state index is -0.976. The average Bonchev–Trinajstić information content (AvgIpc) is 3.61. The molecule has 0 aromatic heterocycles. The van der Waals surface area contributed by atoms with Crippen molar-refractivity contribution < 1.29 is 28.8 Å². The number of fused-ring (bicyclic) bond motifs is 2. The summed E-state index contributed by atoms with van der Waals surface area (Å²) in [5.41, 5.74) is 0.305. The summed E-state index contributed by atoms with van der Waals surface area (Å²) >= 11 is 0. The lowest BCUT2D eigenvalue weighted by Crippen LogP contribution is -2.80. The highest BCUT2D eigenvalue weighted by Crippen LogP contribution is 2.71. The van der Waals surface area contributed by atoms with E-state index < -0.39 is 33.9 Å². The first-order chi connectivity index (χ1) is 19.6. The number of likely N-dealkylation sites (tertiary alicyclic amines) is 1. The van der Waals surface area contributed by atoms with E-state index in [9.17, 15) is 5.11 Å². The molecule has 8 atom stereocenters. The number of hydrogen-bond acceptors (Lipinski definition) is 8. The number of piperidine rings is 1. The lowest BCUT2D eigenvalue weighted by Gasteiger charge is -2.66. The van der Waals surface area contributed by atoms with Gasteiger partial charge in [0.2, 0.25) is 0 Å². The Labute approximate surface area is 241 Å². The van der Waals surface area contributed by atoms with Gasteiger partial charge < -0.3 is 28.8 Å². The molecule has 5 aliphatic heterocycles. The zero-order valence-corrected chi connectivity index (χ0v) is 24.6. The molecule has 9 rings (SSSR count). The number of nitrogens with zero attached hydrogens (tertiary/aromatic N) is 2. The number of benzene rings is 2. The van der Waals surface area contributed by atoms with Crippen LogP contribution in [0.3, 0.4) is 0 Å². The van der Waals surface area contributed by atoms with E-state index in [1.165, 1.54) is 11.1 Å². The van der Waals surface area contributed by atoms with E-state index in [4.69, 9.17) is 23.7 Å². The van der Waals surface area contributed by atoms with Crippen LogP contribution in [0.25, 0.3) is 0 Å².